The van der Waals surface area contributed by atoms with Crippen LogP contribution in [0.15, 0.2) is 18.2 Å². The molecule has 2 heterocycles. The predicted molar refractivity (Wildman–Crippen MR) is 118 cm³/mol. The van der Waals surface area contributed by atoms with Gasteiger partial charge in [-0.1, -0.05) is 13.0 Å². The summed E-state index contributed by atoms with van der Waals surface area (Å²) in [5, 5.41) is 0. The molecule has 4 aliphatic rings. The second-order valence-corrected chi connectivity index (χ2v) is 9.52. The number of hydrogen-bond donors (Lipinski definition) is 0. The van der Waals surface area contributed by atoms with Crippen LogP contribution in [-0.4, -0.2) is 62.3 Å². The lowest BCUT2D eigenvalue weighted by atomic mass is 9.46. The van der Waals surface area contributed by atoms with Crippen LogP contribution in [0.2, 0.25) is 0 Å². The summed E-state index contributed by atoms with van der Waals surface area (Å²) in [6.07, 6.45) is 5.73. The van der Waals surface area contributed by atoms with Crippen LogP contribution in [0.25, 0.3) is 0 Å². The first-order chi connectivity index (χ1) is 14.0. The van der Waals surface area contributed by atoms with Crippen LogP contribution in [0.5, 0.6) is 5.75 Å². The normalized spacial score (nSPS) is 37.8. The van der Waals surface area contributed by atoms with Crippen molar-refractivity contribution < 1.29 is 19.0 Å². The number of hydrogen-bond acceptors (Lipinski definition) is 5. The molecule has 1 aromatic rings. The Morgan fingerprint density at radius 1 is 1.27 bits per heavy atom. The minimum atomic E-state index is -0.350. The van der Waals surface area contributed by atoms with Gasteiger partial charge >= 0.3 is 0 Å². The molecule has 1 saturated carbocycles. The van der Waals surface area contributed by atoms with E-state index < -0.39 is 0 Å². The Labute approximate surface area is 185 Å². The molecule has 0 radical (unpaired) electrons. The fraction of sp³-hybridized carbons (Fsp3) is 0.708. The summed E-state index contributed by atoms with van der Waals surface area (Å²) in [5.74, 6) is 1.42. The van der Waals surface area contributed by atoms with Crippen molar-refractivity contribution in [1.29, 1.82) is 0 Å². The number of nitrogens with zero attached hydrogens (tertiary/aromatic N) is 1. The molecular weight excluding hydrogens is 402 g/mol. The third-order valence-electron chi connectivity index (χ3n) is 8.32. The quantitative estimate of drug-likeness (QED) is 0.723. The molecule has 5 atom stereocenters. The maximum Gasteiger partial charge on any atom is 0.134 e. The number of piperidine rings is 1. The zero-order valence-corrected chi connectivity index (χ0v) is 19.1. The van der Waals surface area contributed by atoms with E-state index in [0.29, 0.717) is 24.7 Å². The number of benzene rings is 1. The summed E-state index contributed by atoms with van der Waals surface area (Å²) in [6, 6.07) is 6.72. The summed E-state index contributed by atoms with van der Waals surface area (Å²) < 4.78 is 18.1. The Bertz CT molecular complexity index is 810. The highest BCUT2D eigenvalue weighted by Crippen LogP contribution is 2.61. The molecule has 2 aliphatic heterocycles. The molecule has 5 nitrogen and oxygen atoms in total. The summed E-state index contributed by atoms with van der Waals surface area (Å²) in [7, 11) is 3.59. The highest BCUT2D eigenvalue weighted by Gasteiger charge is 2.68. The Morgan fingerprint density at radius 2 is 2.10 bits per heavy atom. The Hall–Kier alpha value is -1.14. The SMILES string of the molecule is COc1ccc2c(c1)[C@]13CCN(CC4CCCO4)[C@H](C2)C1(OC)[C@H](C)CC(=O)C3.Cl. The van der Waals surface area contributed by atoms with Gasteiger partial charge in [0, 0.05) is 44.6 Å². The third kappa shape index (κ3) is 2.96. The summed E-state index contributed by atoms with van der Waals surface area (Å²) in [5.41, 5.74) is 2.02. The molecule has 5 rings (SSSR count). The van der Waals surface area contributed by atoms with Crippen LogP contribution in [0.1, 0.15) is 50.2 Å². The minimum Gasteiger partial charge on any atom is -0.497 e. The maximum absolute atomic E-state index is 12.9. The number of halogens is 1. The van der Waals surface area contributed by atoms with Crippen molar-refractivity contribution in [3.05, 3.63) is 29.3 Å². The van der Waals surface area contributed by atoms with E-state index >= 15 is 0 Å². The molecule has 3 fully saturated rings. The second kappa shape index (κ2) is 8.09. The largest absolute Gasteiger partial charge is 0.497 e. The Balaban J connectivity index is 0.00000218. The average Bonchev–Trinajstić information content (AvgIpc) is 3.22. The molecule has 2 aliphatic carbocycles. The van der Waals surface area contributed by atoms with Crippen LogP contribution < -0.4 is 4.74 Å². The van der Waals surface area contributed by atoms with Gasteiger partial charge in [-0.05, 0) is 61.4 Å². The van der Waals surface area contributed by atoms with Gasteiger partial charge in [0.1, 0.15) is 11.5 Å². The molecule has 0 spiro atoms. The number of methoxy groups -OCH3 is 2. The van der Waals surface area contributed by atoms with Gasteiger partial charge in [0.05, 0.1) is 18.8 Å². The van der Waals surface area contributed by atoms with Gasteiger partial charge in [-0.15, -0.1) is 12.4 Å². The van der Waals surface area contributed by atoms with Crippen LogP contribution in [0, 0.1) is 5.92 Å². The lowest BCUT2D eigenvalue weighted by molar-refractivity contribution is -0.212. The van der Waals surface area contributed by atoms with E-state index in [4.69, 9.17) is 14.2 Å². The third-order valence-corrected chi connectivity index (χ3v) is 8.32. The number of carbonyl (C=O) groups excluding carboxylic acids is 1. The molecule has 0 N–H and O–H groups in total. The molecule has 1 aromatic carbocycles. The van der Waals surface area contributed by atoms with E-state index in [1.807, 2.05) is 7.11 Å². The first-order valence-corrected chi connectivity index (χ1v) is 11.1. The number of fused-ring (bicyclic) bond motifs is 1. The molecular formula is C24H34ClNO4. The predicted octanol–water partition coefficient (Wildman–Crippen LogP) is 3.55. The monoisotopic (exact) mass is 435 g/mol. The van der Waals surface area contributed by atoms with Crippen molar-refractivity contribution in [2.45, 2.75) is 68.6 Å². The number of Topliss-reactive ketones (excluding diaryl/α,β-unsaturated/α-hetero) is 1. The second-order valence-electron chi connectivity index (χ2n) is 9.52. The molecule has 6 heteroatoms. The minimum absolute atomic E-state index is 0. The number of ether oxygens (including phenoxy) is 3. The van der Waals surface area contributed by atoms with E-state index in [1.165, 1.54) is 11.1 Å². The van der Waals surface area contributed by atoms with Crippen molar-refractivity contribution in [1.82, 2.24) is 4.90 Å². The van der Waals surface area contributed by atoms with Gasteiger partial charge in [-0.2, -0.15) is 0 Å². The number of rotatable bonds is 4. The Morgan fingerprint density at radius 3 is 2.80 bits per heavy atom. The zero-order chi connectivity index (χ0) is 20.2. The Kier molecular flexibility index (Phi) is 5.95. The molecule has 0 amide bonds. The van der Waals surface area contributed by atoms with E-state index in [9.17, 15) is 4.79 Å². The van der Waals surface area contributed by atoms with Crippen molar-refractivity contribution in [3.8, 4) is 5.75 Å². The van der Waals surface area contributed by atoms with E-state index in [1.54, 1.807) is 7.11 Å². The molecule has 0 aromatic heterocycles. The van der Waals surface area contributed by atoms with Gasteiger partial charge in [0.15, 0.2) is 0 Å². The van der Waals surface area contributed by atoms with Gasteiger partial charge in [-0.25, -0.2) is 0 Å². The van der Waals surface area contributed by atoms with E-state index in [-0.39, 0.29) is 35.4 Å². The molecule has 2 saturated heterocycles. The van der Waals surface area contributed by atoms with E-state index in [0.717, 1.165) is 51.1 Å². The fourth-order valence-corrected chi connectivity index (χ4v) is 7.24. The molecule has 166 valence electrons. The van der Waals surface area contributed by atoms with Crippen molar-refractivity contribution >= 4 is 18.2 Å². The first kappa shape index (κ1) is 22.1. The molecule has 2 unspecified atom stereocenters. The molecule has 30 heavy (non-hydrogen) atoms. The van der Waals surface area contributed by atoms with Crippen LogP contribution in [0.4, 0.5) is 0 Å². The van der Waals surface area contributed by atoms with Crippen molar-refractivity contribution in [2.24, 2.45) is 5.92 Å². The van der Waals surface area contributed by atoms with Crippen LogP contribution in [0.3, 0.4) is 0 Å². The van der Waals surface area contributed by atoms with Crippen LogP contribution >= 0.6 is 12.4 Å². The van der Waals surface area contributed by atoms with Gasteiger partial charge in [0.25, 0.3) is 0 Å². The van der Waals surface area contributed by atoms with Crippen molar-refractivity contribution in [3.63, 3.8) is 0 Å². The summed E-state index contributed by atoms with van der Waals surface area (Å²) >= 11 is 0. The summed E-state index contributed by atoms with van der Waals surface area (Å²) in [6.45, 7) is 5.07. The topological polar surface area (TPSA) is 48.0 Å². The standard InChI is InChI=1S/C24H33NO4.ClH/c1-16-11-18(26)14-23-8-9-25(15-20-5-4-10-29-20)22(24(16,23)28-3)12-17-6-7-19(27-2)13-21(17)23;/h6-7,13,16,20,22H,4-5,8-12,14-15H2,1-3H3;1H/t16-,20?,22-,23-,24?;/m1./s1. The van der Waals surface area contributed by atoms with Crippen molar-refractivity contribution in [2.75, 3.05) is 33.9 Å². The lowest BCUT2D eigenvalue weighted by Gasteiger charge is -2.67. The van der Waals surface area contributed by atoms with Gasteiger partial charge in [0.2, 0.25) is 0 Å². The average molecular weight is 436 g/mol. The van der Waals surface area contributed by atoms with Gasteiger partial charge < -0.3 is 14.2 Å². The first-order valence-electron chi connectivity index (χ1n) is 11.1. The fourth-order valence-electron chi connectivity index (χ4n) is 7.24. The van der Waals surface area contributed by atoms with Gasteiger partial charge in [-0.3, -0.25) is 9.69 Å². The highest BCUT2D eigenvalue weighted by molar-refractivity contribution is 5.85. The smallest absolute Gasteiger partial charge is 0.134 e. The molecule has 2 bridgehead atoms. The number of carbonyl (C=O) groups is 1. The van der Waals surface area contributed by atoms with E-state index in [2.05, 4.69) is 30.0 Å². The maximum atomic E-state index is 12.9. The highest BCUT2D eigenvalue weighted by atomic mass is 35.5. The summed E-state index contributed by atoms with van der Waals surface area (Å²) in [4.78, 5) is 15.5. The number of likely N-dealkylation sites (tertiary alicyclic amines) is 1. The zero-order valence-electron chi connectivity index (χ0n) is 18.3. The lowest BCUT2D eigenvalue weighted by Crippen LogP contribution is -2.76. The van der Waals surface area contributed by atoms with Crippen LogP contribution in [-0.2, 0) is 26.1 Å². The number of ketones is 1.